The van der Waals surface area contributed by atoms with Crippen LogP contribution in [0.3, 0.4) is 0 Å². The van der Waals surface area contributed by atoms with Crippen LogP contribution in [0.2, 0.25) is 0 Å². The topological polar surface area (TPSA) is 180 Å². The summed E-state index contributed by atoms with van der Waals surface area (Å²) >= 11 is 0. The summed E-state index contributed by atoms with van der Waals surface area (Å²) in [5.41, 5.74) is 4.70. The molecule has 2 aromatic carbocycles. The molecular formula is C43H50FN9O6. The number of carbonyl (C=O) groups excluding carboxylic acids is 4. The lowest BCUT2D eigenvalue weighted by molar-refractivity contribution is -0.137. The number of halogens is 1. The molecule has 3 aromatic heterocycles. The summed E-state index contributed by atoms with van der Waals surface area (Å²) in [7, 11) is 1.27. The fourth-order valence-electron chi connectivity index (χ4n) is 8.90. The third kappa shape index (κ3) is 7.07. The number of H-pyrrole nitrogens is 2. The Bertz CT molecular complexity index is 2420. The van der Waals surface area contributed by atoms with Gasteiger partial charge in [0.1, 0.15) is 29.5 Å². The normalized spacial score (nSPS) is 19.7. The van der Waals surface area contributed by atoms with Crippen LogP contribution in [-0.4, -0.2) is 90.9 Å². The first-order valence-electron chi connectivity index (χ1n) is 20.3. The first-order chi connectivity index (χ1) is 28.4. The molecule has 15 nitrogen and oxygen atoms in total. The monoisotopic (exact) mass is 807 g/mol. The van der Waals surface area contributed by atoms with E-state index in [-0.39, 0.29) is 41.6 Å². The summed E-state index contributed by atoms with van der Waals surface area (Å²) in [6.07, 6.45) is 5.92. The zero-order chi connectivity index (χ0) is 41.7. The highest BCUT2D eigenvalue weighted by molar-refractivity contribution is 5.93. The number of alkyl carbamates (subject to hydrolysis) is 1. The molecular weight excluding hydrogens is 758 g/mol. The van der Waals surface area contributed by atoms with Gasteiger partial charge in [0.15, 0.2) is 12.0 Å². The maximum Gasteiger partial charge on any atom is 0.407 e. The van der Waals surface area contributed by atoms with E-state index in [1.165, 1.54) is 7.11 Å². The van der Waals surface area contributed by atoms with E-state index in [1.807, 2.05) is 75.6 Å². The Balaban J connectivity index is 1.04. The smallest absolute Gasteiger partial charge is 0.407 e. The van der Waals surface area contributed by atoms with Crippen molar-refractivity contribution in [2.45, 2.75) is 90.7 Å². The molecule has 8 rings (SSSR count). The van der Waals surface area contributed by atoms with Gasteiger partial charge in [-0.25, -0.2) is 19.2 Å². The van der Waals surface area contributed by atoms with E-state index in [0.717, 1.165) is 36.1 Å². The number of fused-ring (bicyclic) bond motifs is 5. The Kier molecular flexibility index (Phi) is 10.7. The number of hydrogen-bond donors (Lipinski definition) is 4. The highest BCUT2D eigenvalue weighted by Crippen LogP contribution is 2.46. The van der Waals surface area contributed by atoms with Gasteiger partial charge in [-0.05, 0) is 68.7 Å². The standard InChI is InChI=1S/C43H50FN9O6/c1-22(2)36(47-21-54)41(55)51-15-7-9-32(51)39-46-20-30(49-39)26-11-13-27-34(18-26)59-24(5)53-31-14-12-25(17-28(31)35(44)38(27)53)29-19-45-40(48-29)33-10-8-16-52(33)42(56)37(23(3)4)50-43(57)58-6/h11-14,17-24,32-33,36-37H,7-10,15-16H2,1-6H3,(H,45,48)(H,46,49)(H,47,54)(H,50,57)/t24?,32?,33-,36?,37?/m0/s1. The van der Waals surface area contributed by atoms with Gasteiger partial charge in [-0.3, -0.25) is 14.4 Å². The van der Waals surface area contributed by atoms with E-state index in [1.54, 1.807) is 22.2 Å². The van der Waals surface area contributed by atoms with Crippen LogP contribution in [0, 0.1) is 17.7 Å². The predicted octanol–water partition coefficient (Wildman–Crippen LogP) is 6.62. The molecule has 0 saturated carbocycles. The van der Waals surface area contributed by atoms with Crippen molar-refractivity contribution in [3.63, 3.8) is 0 Å². The molecule has 3 aliphatic rings. The number of carbonyl (C=O) groups is 4. The summed E-state index contributed by atoms with van der Waals surface area (Å²) < 4.78 is 29.8. The highest BCUT2D eigenvalue weighted by atomic mass is 19.1. The van der Waals surface area contributed by atoms with Gasteiger partial charge in [-0.15, -0.1) is 0 Å². The lowest BCUT2D eigenvalue weighted by atomic mass is 10.0. The number of nitrogens with one attached hydrogen (secondary N) is 4. The van der Waals surface area contributed by atoms with Gasteiger partial charge >= 0.3 is 6.09 Å². The fraction of sp³-hybridized carbons (Fsp3) is 0.442. The average molecular weight is 808 g/mol. The van der Waals surface area contributed by atoms with Gasteiger partial charge in [0.25, 0.3) is 0 Å². The number of amides is 4. The molecule has 5 atom stereocenters. The van der Waals surface area contributed by atoms with Crippen molar-refractivity contribution in [1.82, 2.24) is 44.9 Å². The lowest BCUT2D eigenvalue weighted by Crippen LogP contribution is -2.51. The molecule has 2 fully saturated rings. The van der Waals surface area contributed by atoms with Crippen LogP contribution < -0.4 is 15.4 Å². The van der Waals surface area contributed by atoms with Crippen molar-refractivity contribution in [3.8, 4) is 39.5 Å². The van der Waals surface area contributed by atoms with Crippen LogP contribution >= 0.6 is 0 Å². The highest BCUT2D eigenvalue weighted by Gasteiger charge is 2.39. The molecule has 0 aliphatic carbocycles. The molecule has 6 heterocycles. The number of methoxy groups -OCH3 is 1. The summed E-state index contributed by atoms with van der Waals surface area (Å²) in [5.74, 6) is 0.926. The van der Waals surface area contributed by atoms with E-state index in [0.29, 0.717) is 71.2 Å². The van der Waals surface area contributed by atoms with Gasteiger partial charge in [-0.2, -0.15) is 0 Å². The van der Waals surface area contributed by atoms with Crippen molar-refractivity contribution >= 4 is 35.2 Å². The summed E-state index contributed by atoms with van der Waals surface area (Å²) in [6.45, 7) is 10.6. The van der Waals surface area contributed by atoms with Gasteiger partial charge in [-0.1, -0.05) is 39.8 Å². The molecule has 0 radical (unpaired) electrons. The van der Waals surface area contributed by atoms with E-state index >= 15 is 4.39 Å². The van der Waals surface area contributed by atoms with Gasteiger partial charge in [0, 0.05) is 35.2 Å². The number of ether oxygens (including phenoxy) is 2. The number of likely N-dealkylation sites (tertiary alicyclic amines) is 2. The van der Waals surface area contributed by atoms with E-state index in [4.69, 9.17) is 9.47 Å². The largest absolute Gasteiger partial charge is 0.470 e. The van der Waals surface area contributed by atoms with Crippen LogP contribution in [-0.2, 0) is 19.1 Å². The number of benzene rings is 2. The van der Waals surface area contributed by atoms with Crippen molar-refractivity contribution in [1.29, 1.82) is 0 Å². The molecule has 2 saturated heterocycles. The average Bonchev–Trinajstić information content (AvgIpc) is 4.08. The number of imidazole rings is 2. The summed E-state index contributed by atoms with van der Waals surface area (Å²) in [6, 6.07) is 9.35. The molecule has 310 valence electrons. The number of rotatable bonds is 11. The predicted molar refractivity (Wildman–Crippen MR) is 217 cm³/mol. The Morgan fingerprint density at radius 1 is 0.881 bits per heavy atom. The lowest BCUT2D eigenvalue weighted by Gasteiger charge is -2.30. The number of aromatic nitrogens is 5. The third-order valence-electron chi connectivity index (χ3n) is 11.9. The quantitative estimate of drug-likeness (QED) is 0.108. The summed E-state index contributed by atoms with van der Waals surface area (Å²) in [4.78, 5) is 70.0. The summed E-state index contributed by atoms with van der Waals surface area (Å²) in [5, 5.41) is 5.79. The fourth-order valence-corrected chi connectivity index (χ4v) is 8.90. The minimum absolute atomic E-state index is 0.0641. The molecule has 4 amide bonds. The second kappa shape index (κ2) is 15.9. The van der Waals surface area contributed by atoms with Crippen LogP contribution in [0.5, 0.6) is 5.75 Å². The van der Waals surface area contributed by atoms with Crippen molar-refractivity contribution < 1.29 is 33.0 Å². The van der Waals surface area contributed by atoms with Crippen molar-refractivity contribution in [2.24, 2.45) is 11.8 Å². The van der Waals surface area contributed by atoms with Crippen LogP contribution in [0.4, 0.5) is 9.18 Å². The second-order valence-corrected chi connectivity index (χ2v) is 16.3. The third-order valence-corrected chi connectivity index (χ3v) is 11.9. The zero-order valence-electron chi connectivity index (χ0n) is 34.0. The minimum atomic E-state index is -0.742. The Labute approximate surface area is 341 Å². The molecule has 0 spiro atoms. The SMILES string of the molecule is COC(=O)NC(C(=O)N1CCC[C@H]1c1ncc(-c2ccc3c(c2)c(F)c2n3C(C)Oc3cc(-c4cnc(C5CCCN5C(=O)C(NC=O)C(C)C)[nH]4)ccc3-2)[nH]1)C(C)C. The van der Waals surface area contributed by atoms with Gasteiger partial charge < -0.3 is 44.4 Å². The number of hydrogen-bond acceptors (Lipinski definition) is 8. The molecule has 59 heavy (non-hydrogen) atoms. The molecule has 4 N–H and O–H groups in total. The first kappa shape index (κ1) is 39.6. The van der Waals surface area contributed by atoms with Crippen LogP contribution in [0.1, 0.15) is 90.3 Å². The Morgan fingerprint density at radius 2 is 1.46 bits per heavy atom. The van der Waals surface area contributed by atoms with Crippen LogP contribution in [0.15, 0.2) is 48.8 Å². The van der Waals surface area contributed by atoms with Crippen molar-refractivity contribution in [2.75, 3.05) is 20.2 Å². The van der Waals surface area contributed by atoms with E-state index in [9.17, 15) is 19.2 Å². The Morgan fingerprint density at radius 3 is 2.03 bits per heavy atom. The zero-order valence-corrected chi connectivity index (χ0v) is 34.0. The van der Waals surface area contributed by atoms with Crippen LogP contribution in [0.25, 0.3) is 44.7 Å². The van der Waals surface area contributed by atoms with Gasteiger partial charge in [0.05, 0.1) is 54.2 Å². The molecule has 4 unspecified atom stereocenters. The second-order valence-electron chi connectivity index (χ2n) is 16.3. The molecule has 16 heteroatoms. The van der Waals surface area contributed by atoms with E-state index < -0.39 is 24.4 Å². The number of nitrogens with zero attached hydrogens (tertiary/aromatic N) is 5. The van der Waals surface area contributed by atoms with Gasteiger partial charge in [0.2, 0.25) is 18.2 Å². The first-order valence-corrected chi connectivity index (χ1v) is 20.3. The maximum absolute atomic E-state index is 16.7. The minimum Gasteiger partial charge on any atom is -0.470 e. The van der Waals surface area contributed by atoms with E-state index in [2.05, 4.69) is 30.6 Å². The number of aromatic amines is 2. The molecule has 5 aromatic rings. The molecule has 3 aliphatic heterocycles. The Hall–Kier alpha value is -6.19. The van der Waals surface area contributed by atoms with Crippen molar-refractivity contribution in [3.05, 3.63) is 66.3 Å². The molecule has 0 bridgehead atoms. The maximum atomic E-state index is 16.7.